The highest BCUT2D eigenvalue weighted by Crippen LogP contribution is 2.44. The summed E-state index contributed by atoms with van der Waals surface area (Å²) in [6.45, 7) is 3.73. The van der Waals surface area contributed by atoms with Crippen molar-refractivity contribution in [2.75, 3.05) is 26.4 Å². The maximum absolute atomic E-state index is 12.8. The number of aliphatic hydroxyl groups is 3. The molecule has 1 fully saturated rings. The van der Waals surface area contributed by atoms with Crippen molar-refractivity contribution in [1.82, 2.24) is 0 Å². The predicted molar refractivity (Wildman–Crippen MR) is 249 cm³/mol. The molecule has 1 aliphatic rings. The lowest BCUT2D eigenvalue weighted by molar-refractivity contribution is -0.161. The molecule has 0 spiro atoms. The number of rotatable bonds is 42. The average molecular weight is 969 g/mol. The first-order valence-electron chi connectivity index (χ1n) is 24.5. The van der Waals surface area contributed by atoms with Crippen LogP contribution in [0.5, 0.6) is 0 Å². The van der Waals surface area contributed by atoms with Gasteiger partial charge in [0.15, 0.2) is 6.10 Å². The second kappa shape index (κ2) is 37.1. The van der Waals surface area contributed by atoms with Crippen LogP contribution in [0.3, 0.4) is 0 Å². The normalized spacial score (nSPS) is 19.7. The molecule has 16 nitrogen and oxygen atoms in total. The van der Waals surface area contributed by atoms with Crippen LogP contribution in [0.15, 0.2) is 24.3 Å². The van der Waals surface area contributed by atoms with Crippen molar-refractivity contribution < 1.29 is 76.6 Å². The molecule has 8 atom stereocenters. The lowest BCUT2D eigenvalue weighted by Gasteiger charge is -2.20. The van der Waals surface area contributed by atoms with Gasteiger partial charge in [-0.2, -0.15) is 0 Å². The van der Waals surface area contributed by atoms with Crippen molar-refractivity contribution in [3.05, 3.63) is 24.3 Å². The molecule has 18 heteroatoms. The van der Waals surface area contributed by atoms with E-state index < -0.39 is 90.3 Å². The molecule has 0 heterocycles. The molecule has 0 aromatic carbocycles. The molecule has 1 rings (SSSR count). The Labute approximate surface area is 389 Å². The van der Waals surface area contributed by atoms with Gasteiger partial charge in [0, 0.05) is 31.1 Å². The van der Waals surface area contributed by atoms with Crippen molar-refractivity contribution in [3.8, 4) is 0 Å². The maximum Gasteiger partial charge on any atom is 0.472 e. The van der Waals surface area contributed by atoms with E-state index in [1.807, 2.05) is 12.2 Å². The van der Waals surface area contributed by atoms with Crippen molar-refractivity contribution in [3.63, 3.8) is 0 Å². The Morgan fingerprint density at radius 1 is 0.708 bits per heavy atom. The van der Waals surface area contributed by atoms with Gasteiger partial charge in [-0.3, -0.25) is 28.0 Å². The van der Waals surface area contributed by atoms with Crippen molar-refractivity contribution in [1.29, 1.82) is 0 Å². The molecule has 1 aliphatic carbocycles. The first kappa shape index (κ1) is 61.2. The number of unbranched alkanes of at least 4 members (excludes halogenated alkanes) is 16. The molecular formula is C47H86O16P2. The number of phosphoric ester groups is 2. The zero-order chi connectivity index (χ0) is 48.4. The molecule has 0 aromatic rings. The second-order valence-corrected chi connectivity index (χ2v) is 20.5. The highest BCUT2D eigenvalue weighted by molar-refractivity contribution is 7.47. The van der Waals surface area contributed by atoms with E-state index in [1.54, 1.807) is 12.2 Å². The molecule has 65 heavy (non-hydrogen) atoms. The Hall–Kier alpha value is -1.81. The van der Waals surface area contributed by atoms with Gasteiger partial charge in [0.2, 0.25) is 0 Å². The number of aliphatic hydroxyl groups excluding tert-OH is 3. The van der Waals surface area contributed by atoms with E-state index >= 15 is 0 Å². The molecule has 0 radical (unpaired) electrons. The first-order valence-corrected chi connectivity index (χ1v) is 27.6. The minimum absolute atomic E-state index is 0.0483. The number of ketones is 1. The summed E-state index contributed by atoms with van der Waals surface area (Å²) in [6.07, 6.45) is 26.7. The number of Topliss-reactive ketones (excluding diaryl/α,β-unsaturated/α-hetero) is 1. The van der Waals surface area contributed by atoms with Crippen LogP contribution in [0, 0.1) is 17.8 Å². The largest absolute Gasteiger partial charge is 0.472 e. The Morgan fingerprint density at radius 2 is 1.26 bits per heavy atom. The molecule has 0 bridgehead atoms. The van der Waals surface area contributed by atoms with Crippen LogP contribution in [0.25, 0.3) is 0 Å². The summed E-state index contributed by atoms with van der Waals surface area (Å²) in [6, 6.07) is 0. The van der Waals surface area contributed by atoms with Gasteiger partial charge in [-0.15, -0.1) is 0 Å². The molecule has 0 amide bonds. The Bertz CT molecular complexity index is 1420. The summed E-state index contributed by atoms with van der Waals surface area (Å²) in [7, 11) is -9.78. The lowest BCUT2D eigenvalue weighted by Crippen LogP contribution is -2.29. The standard InChI is InChI=1S/C47H86O16P2/c1-4-6-21-27-39(48)31-32-43-42(44(50)33-45(43)51)28-23-19-20-25-30-47(53)63-41(37-62-65(57,58)61-35-40(49)34-60-64(54,55)56)36-59-46(52)29-24-18-16-14-12-10-8-7-9-11-13-15-17-22-26-38(3)5-2/h19,23,31-32,38-43,45,48-49,51H,4-18,20-22,24-30,33-37H2,1-3H3,(H,57,58)(H2,54,55,56)/b23-19-,32-31+/t38?,39-,40-,41+,42+,43+,45+/m0/s1. The molecule has 2 unspecified atom stereocenters. The summed E-state index contributed by atoms with van der Waals surface area (Å²) < 4.78 is 47.9. The lowest BCUT2D eigenvalue weighted by atomic mass is 9.90. The second-order valence-electron chi connectivity index (χ2n) is 17.8. The third kappa shape index (κ3) is 34.2. The van der Waals surface area contributed by atoms with E-state index in [1.165, 1.54) is 77.0 Å². The first-order chi connectivity index (χ1) is 31.0. The minimum atomic E-state index is -4.90. The zero-order valence-corrected chi connectivity index (χ0v) is 41.5. The molecular weight excluding hydrogens is 882 g/mol. The topological polar surface area (TPSA) is 253 Å². The van der Waals surface area contributed by atoms with Crippen molar-refractivity contribution in [2.24, 2.45) is 17.8 Å². The Kier molecular flexibility index (Phi) is 35.0. The molecule has 6 N–H and O–H groups in total. The monoisotopic (exact) mass is 969 g/mol. The Balaban J connectivity index is 2.51. The number of ether oxygens (including phenoxy) is 2. The van der Waals surface area contributed by atoms with E-state index in [-0.39, 0.29) is 25.0 Å². The summed E-state index contributed by atoms with van der Waals surface area (Å²) in [5.74, 6) is -1.24. The number of allylic oxidation sites excluding steroid dienone is 2. The van der Waals surface area contributed by atoms with Crippen LogP contribution in [-0.4, -0.2) is 98.6 Å². The number of carbonyl (C=O) groups excluding carboxylic acids is 3. The van der Waals surface area contributed by atoms with Crippen molar-refractivity contribution >= 4 is 33.4 Å². The molecule has 0 aromatic heterocycles. The van der Waals surface area contributed by atoms with E-state index in [2.05, 4.69) is 29.8 Å². The Morgan fingerprint density at radius 3 is 1.86 bits per heavy atom. The van der Waals surface area contributed by atoms with Gasteiger partial charge >= 0.3 is 27.6 Å². The van der Waals surface area contributed by atoms with E-state index in [0.717, 1.165) is 44.4 Å². The van der Waals surface area contributed by atoms with Gasteiger partial charge < -0.3 is 39.5 Å². The molecule has 0 saturated heterocycles. The fraction of sp³-hybridized carbons (Fsp3) is 0.851. The third-order valence-electron chi connectivity index (χ3n) is 11.7. The highest BCUT2D eigenvalue weighted by atomic mass is 31.2. The van der Waals surface area contributed by atoms with Gasteiger partial charge in [-0.05, 0) is 38.0 Å². The number of hydrogen-bond acceptors (Lipinski definition) is 13. The van der Waals surface area contributed by atoms with Crippen molar-refractivity contribution in [2.45, 2.75) is 212 Å². The van der Waals surface area contributed by atoms with Crippen LogP contribution in [0.1, 0.15) is 188 Å². The SMILES string of the molecule is CCCCC[C@H](O)/C=C/[C@H]1[C@H](O)CC(=O)[C@@H]1C/C=C\CCCC(=O)O[C@H](COC(=O)CCCCCCCCCCCCCCCCC(C)CC)COP(=O)(O)OC[C@@H](O)COP(=O)(O)O. The number of carbonyl (C=O) groups is 3. The van der Waals surface area contributed by atoms with Gasteiger partial charge in [-0.1, -0.05) is 161 Å². The number of phosphoric acid groups is 2. The van der Waals surface area contributed by atoms with E-state index in [9.17, 15) is 43.7 Å². The van der Waals surface area contributed by atoms with E-state index in [4.69, 9.17) is 23.8 Å². The van der Waals surface area contributed by atoms with Crippen LogP contribution >= 0.6 is 15.6 Å². The molecule has 1 saturated carbocycles. The zero-order valence-electron chi connectivity index (χ0n) is 39.7. The van der Waals surface area contributed by atoms with Gasteiger partial charge in [0.25, 0.3) is 0 Å². The van der Waals surface area contributed by atoms with Crippen LogP contribution < -0.4 is 0 Å². The van der Waals surface area contributed by atoms with Crippen LogP contribution in [0.2, 0.25) is 0 Å². The summed E-state index contributed by atoms with van der Waals surface area (Å²) in [5, 5.41) is 30.5. The van der Waals surface area contributed by atoms with E-state index in [0.29, 0.717) is 32.1 Å². The maximum atomic E-state index is 12.8. The third-order valence-corrected chi connectivity index (χ3v) is 13.2. The van der Waals surface area contributed by atoms with Gasteiger partial charge in [-0.25, -0.2) is 9.13 Å². The predicted octanol–water partition coefficient (Wildman–Crippen LogP) is 9.51. The smallest absolute Gasteiger partial charge is 0.462 e. The summed E-state index contributed by atoms with van der Waals surface area (Å²) >= 11 is 0. The molecule has 0 aliphatic heterocycles. The summed E-state index contributed by atoms with van der Waals surface area (Å²) in [4.78, 5) is 65.6. The fourth-order valence-electron chi connectivity index (χ4n) is 7.54. The van der Waals surface area contributed by atoms with Crippen LogP contribution in [-0.2, 0) is 46.6 Å². The highest BCUT2D eigenvalue weighted by Gasteiger charge is 2.39. The van der Waals surface area contributed by atoms with Gasteiger partial charge in [0.1, 0.15) is 18.5 Å². The molecule has 380 valence electrons. The fourth-order valence-corrected chi connectivity index (χ4v) is 8.70. The quantitative estimate of drug-likeness (QED) is 0.0144. The minimum Gasteiger partial charge on any atom is -0.462 e. The summed E-state index contributed by atoms with van der Waals surface area (Å²) in [5.41, 5.74) is 0. The average Bonchev–Trinajstić information content (AvgIpc) is 3.53. The number of hydrogen-bond donors (Lipinski definition) is 6. The van der Waals surface area contributed by atoms with Crippen LogP contribution in [0.4, 0.5) is 0 Å². The number of esters is 2. The van der Waals surface area contributed by atoms with Gasteiger partial charge in [0.05, 0.1) is 32.0 Å².